The van der Waals surface area contributed by atoms with Crippen LogP contribution in [0.1, 0.15) is 13.8 Å². The first-order valence-corrected chi connectivity index (χ1v) is 3.78. The Balaban J connectivity index is 4.08. The molecule has 12 heavy (non-hydrogen) atoms. The van der Waals surface area contributed by atoms with Gasteiger partial charge in [-0.2, -0.15) is 0 Å². The maximum Gasteiger partial charge on any atom is 0.180 e. The zero-order chi connectivity index (χ0) is 9.89. The Kier molecular flexibility index (Phi) is 4.66. The summed E-state index contributed by atoms with van der Waals surface area (Å²) < 4.78 is 0. The number of aliphatic hydroxyl groups excluding tert-OH is 4. The highest BCUT2D eigenvalue weighted by Gasteiger charge is 2.29. The lowest BCUT2D eigenvalue weighted by molar-refractivity contribution is -0.172. The minimum Gasteiger partial charge on any atom is -0.393 e. The summed E-state index contributed by atoms with van der Waals surface area (Å²) in [6, 6.07) is 0. The molecule has 0 saturated carbocycles. The second-order valence-electron chi connectivity index (χ2n) is 2.99. The largest absolute Gasteiger partial charge is 0.393 e. The molecule has 0 aromatic heterocycles. The van der Waals surface area contributed by atoms with Crippen LogP contribution in [0, 0.1) is 5.92 Å². The molecule has 74 valence electrons. The highest BCUT2D eigenvalue weighted by atomic mass is 16.5. The first kappa shape index (κ1) is 11.8. The third kappa shape index (κ3) is 3.04. The molecule has 5 nitrogen and oxygen atoms in total. The van der Waals surface area contributed by atoms with Crippen molar-refractivity contribution in [1.29, 1.82) is 0 Å². The zero-order valence-electron chi connectivity index (χ0n) is 7.12. The minimum atomic E-state index is -1.98. The van der Waals surface area contributed by atoms with E-state index in [-0.39, 0.29) is 0 Å². The van der Waals surface area contributed by atoms with Crippen molar-refractivity contribution in [2.75, 3.05) is 0 Å². The third-order valence-electron chi connectivity index (χ3n) is 1.95. The van der Waals surface area contributed by atoms with Gasteiger partial charge in [0.25, 0.3) is 0 Å². The first-order valence-electron chi connectivity index (χ1n) is 3.78. The van der Waals surface area contributed by atoms with Gasteiger partial charge in [0, 0.05) is 5.92 Å². The average Bonchev–Trinajstić information content (AvgIpc) is 2.00. The van der Waals surface area contributed by atoms with E-state index >= 15 is 0 Å². The van der Waals surface area contributed by atoms with Gasteiger partial charge >= 0.3 is 0 Å². The summed E-state index contributed by atoms with van der Waals surface area (Å²) in [5.41, 5.74) is 0. The van der Waals surface area contributed by atoms with E-state index in [2.05, 4.69) is 0 Å². The highest BCUT2D eigenvalue weighted by Crippen LogP contribution is 2.13. The molecule has 0 amide bonds. The molecule has 0 rings (SSSR count). The maximum atomic E-state index is 9.20. The molecule has 0 radical (unpaired) electrons. The zero-order valence-corrected chi connectivity index (χ0v) is 7.12. The Labute approximate surface area is 70.9 Å². The van der Waals surface area contributed by atoms with Crippen LogP contribution < -0.4 is 0 Å². The monoisotopic (exact) mass is 180 g/mol. The summed E-state index contributed by atoms with van der Waals surface area (Å²) in [4.78, 5) is 0. The van der Waals surface area contributed by atoms with Crippen molar-refractivity contribution in [3.8, 4) is 0 Å². The molecule has 0 aliphatic carbocycles. The van der Waals surface area contributed by atoms with Crippen LogP contribution in [-0.4, -0.2) is 50.1 Å². The second-order valence-corrected chi connectivity index (χ2v) is 2.99. The molecule has 0 fully saturated rings. The van der Waals surface area contributed by atoms with Gasteiger partial charge in [0.15, 0.2) is 6.29 Å². The predicted octanol–water partition coefficient (Wildman–Crippen LogP) is -1.96. The van der Waals surface area contributed by atoms with E-state index in [4.69, 9.17) is 20.4 Å². The summed E-state index contributed by atoms with van der Waals surface area (Å²) in [5, 5.41) is 44.1. The van der Waals surface area contributed by atoms with E-state index in [0.29, 0.717) is 0 Å². The van der Waals surface area contributed by atoms with E-state index < -0.39 is 30.5 Å². The fraction of sp³-hybridized carbons (Fsp3) is 1.00. The van der Waals surface area contributed by atoms with Crippen molar-refractivity contribution >= 4 is 0 Å². The fourth-order valence-corrected chi connectivity index (χ4v) is 0.773. The smallest absolute Gasteiger partial charge is 0.180 e. The van der Waals surface area contributed by atoms with Crippen molar-refractivity contribution in [2.24, 2.45) is 5.92 Å². The van der Waals surface area contributed by atoms with Crippen LogP contribution in [0.3, 0.4) is 0 Å². The normalized spacial score (nSPS) is 22.0. The molecule has 0 aliphatic heterocycles. The molecule has 0 aliphatic rings. The number of hydrogen-bond donors (Lipinski definition) is 5. The van der Waals surface area contributed by atoms with E-state index in [1.807, 2.05) is 0 Å². The second kappa shape index (κ2) is 4.74. The van der Waals surface area contributed by atoms with Crippen molar-refractivity contribution in [3.05, 3.63) is 0 Å². The van der Waals surface area contributed by atoms with Crippen molar-refractivity contribution in [1.82, 2.24) is 0 Å². The Hall–Kier alpha value is -0.200. The summed E-state index contributed by atoms with van der Waals surface area (Å²) >= 11 is 0. The van der Waals surface area contributed by atoms with Crippen molar-refractivity contribution in [3.63, 3.8) is 0 Å². The van der Waals surface area contributed by atoms with Gasteiger partial charge < -0.3 is 25.5 Å². The SMILES string of the molecule is CC(O)C(C)C(O)C(O)C(O)O. The van der Waals surface area contributed by atoms with E-state index in [1.54, 1.807) is 0 Å². The molecule has 0 heterocycles. The van der Waals surface area contributed by atoms with Gasteiger partial charge in [-0.1, -0.05) is 6.92 Å². The van der Waals surface area contributed by atoms with Crippen LogP contribution in [-0.2, 0) is 0 Å². The third-order valence-corrected chi connectivity index (χ3v) is 1.95. The van der Waals surface area contributed by atoms with Gasteiger partial charge in [-0.25, -0.2) is 0 Å². The van der Waals surface area contributed by atoms with Crippen LogP contribution >= 0.6 is 0 Å². The van der Waals surface area contributed by atoms with Crippen LogP contribution in [0.25, 0.3) is 0 Å². The summed E-state index contributed by atoms with van der Waals surface area (Å²) in [7, 11) is 0. The Bertz CT molecular complexity index is 111. The molecular weight excluding hydrogens is 164 g/mol. The fourth-order valence-electron chi connectivity index (χ4n) is 0.773. The first-order chi connectivity index (χ1) is 5.37. The predicted molar refractivity (Wildman–Crippen MR) is 41.1 cm³/mol. The van der Waals surface area contributed by atoms with Gasteiger partial charge in [-0.3, -0.25) is 0 Å². The summed E-state index contributed by atoms with van der Waals surface area (Å²) in [6.45, 7) is 2.95. The van der Waals surface area contributed by atoms with Crippen molar-refractivity contribution in [2.45, 2.75) is 38.4 Å². The molecule has 5 heteroatoms. The Morgan fingerprint density at radius 3 is 1.42 bits per heavy atom. The van der Waals surface area contributed by atoms with Gasteiger partial charge in [0.05, 0.1) is 12.2 Å². The Morgan fingerprint density at radius 2 is 1.17 bits per heavy atom. The van der Waals surface area contributed by atoms with Gasteiger partial charge in [-0.05, 0) is 6.92 Å². The lowest BCUT2D eigenvalue weighted by Gasteiger charge is -2.26. The average molecular weight is 180 g/mol. The molecule has 0 bridgehead atoms. The van der Waals surface area contributed by atoms with Gasteiger partial charge in [-0.15, -0.1) is 0 Å². The molecule has 0 aromatic rings. The van der Waals surface area contributed by atoms with Gasteiger partial charge in [0.1, 0.15) is 6.10 Å². The van der Waals surface area contributed by atoms with E-state index in [1.165, 1.54) is 13.8 Å². The van der Waals surface area contributed by atoms with E-state index in [0.717, 1.165) is 0 Å². The molecule has 0 spiro atoms. The number of aliphatic hydroxyl groups is 5. The van der Waals surface area contributed by atoms with E-state index in [9.17, 15) is 5.11 Å². The lowest BCUT2D eigenvalue weighted by atomic mass is 9.95. The van der Waals surface area contributed by atoms with Crippen LogP contribution in [0.2, 0.25) is 0 Å². The quantitative estimate of drug-likeness (QED) is 0.323. The van der Waals surface area contributed by atoms with Crippen LogP contribution in [0.4, 0.5) is 0 Å². The lowest BCUT2D eigenvalue weighted by Crippen LogP contribution is -2.43. The topological polar surface area (TPSA) is 101 Å². The highest BCUT2D eigenvalue weighted by molar-refractivity contribution is 4.77. The van der Waals surface area contributed by atoms with Crippen molar-refractivity contribution < 1.29 is 25.5 Å². The molecule has 4 atom stereocenters. The molecular formula is C7H16O5. The summed E-state index contributed by atoms with van der Waals surface area (Å²) in [5.74, 6) is -0.609. The standard InChI is InChI=1S/C7H16O5/c1-3(4(2)8)5(9)6(10)7(11)12/h3-12H,1-2H3. The molecule has 0 saturated heterocycles. The minimum absolute atomic E-state index is 0.609. The maximum absolute atomic E-state index is 9.20. The van der Waals surface area contributed by atoms with Crippen LogP contribution in [0.15, 0.2) is 0 Å². The number of hydrogen-bond acceptors (Lipinski definition) is 5. The Morgan fingerprint density at radius 1 is 0.750 bits per heavy atom. The molecule has 4 unspecified atom stereocenters. The number of rotatable bonds is 4. The summed E-state index contributed by atoms with van der Waals surface area (Å²) in [6.07, 6.45) is -5.78. The van der Waals surface area contributed by atoms with Crippen LogP contribution in [0.5, 0.6) is 0 Å². The molecule has 0 aromatic carbocycles. The van der Waals surface area contributed by atoms with Gasteiger partial charge in [0.2, 0.25) is 0 Å². The molecule has 5 N–H and O–H groups in total.